The van der Waals surface area contributed by atoms with Crippen LogP contribution in [0.2, 0.25) is 0 Å². The lowest BCUT2D eigenvalue weighted by atomic mass is 9.89. The van der Waals surface area contributed by atoms with Gasteiger partial charge in [-0.25, -0.2) is 9.66 Å². The van der Waals surface area contributed by atoms with Crippen LogP contribution in [-0.2, 0) is 19.4 Å². The highest BCUT2D eigenvalue weighted by molar-refractivity contribution is 7.99. The quantitative estimate of drug-likeness (QED) is 0.299. The van der Waals surface area contributed by atoms with Crippen molar-refractivity contribution in [1.82, 2.24) is 24.8 Å². The van der Waals surface area contributed by atoms with E-state index in [0.717, 1.165) is 46.4 Å². The summed E-state index contributed by atoms with van der Waals surface area (Å²) in [7, 11) is 0. The largest absolute Gasteiger partial charge is 0.485 e. The summed E-state index contributed by atoms with van der Waals surface area (Å²) in [6.45, 7) is 8.47. The number of hydrogen-bond donors (Lipinski definition) is 2. The van der Waals surface area contributed by atoms with Crippen LogP contribution in [-0.4, -0.2) is 24.8 Å². The van der Waals surface area contributed by atoms with E-state index in [2.05, 4.69) is 22.1 Å². The van der Waals surface area contributed by atoms with Crippen molar-refractivity contribution in [3.8, 4) is 5.75 Å². The first-order valence-electron chi connectivity index (χ1n) is 11.4. The highest BCUT2D eigenvalue weighted by atomic mass is 32.2. The van der Waals surface area contributed by atoms with Crippen LogP contribution in [0.5, 0.6) is 5.75 Å². The van der Waals surface area contributed by atoms with Crippen molar-refractivity contribution in [3.05, 3.63) is 61.8 Å². The molecular weight excluding hydrogens is 468 g/mol. The molecule has 4 aromatic rings. The molecule has 34 heavy (non-hydrogen) atoms. The van der Waals surface area contributed by atoms with Crippen LogP contribution in [0.1, 0.15) is 58.7 Å². The molecule has 1 aromatic carbocycles. The first-order chi connectivity index (χ1) is 16.3. The Bertz CT molecular complexity index is 1400. The Morgan fingerprint density at radius 3 is 2.85 bits per heavy atom. The SMILES string of the molecule is Cc1cccc(C)c1OCc1nnc(SC(C)c2nc3sc4c(c3c(=O)[nH]2)CCC(C)C4)n1N. The highest BCUT2D eigenvalue weighted by Crippen LogP contribution is 2.37. The third kappa shape index (κ3) is 4.20. The molecule has 10 heteroatoms. The molecule has 2 atom stereocenters. The Hall–Kier alpha value is -2.85. The van der Waals surface area contributed by atoms with Crippen molar-refractivity contribution in [2.24, 2.45) is 5.92 Å². The molecule has 1 aliphatic carbocycles. The van der Waals surface area contributed by atoms with E-state index in [1.807, 2.05) is 39.0 Å². The predicted molar refractivity (Wildman–Crippen MR) is 136 cm³/mol. The van der Waals surface area contributed by atoms with E-state index in [-0.39, 0.29) is 17.4 Å². The molecule has 3 N–H and O–H groups in total. The number of hydrogen-bond acceptors (Lipinski definition) is 8. The zero-order chi connectivity index (χ0) is 24.0. The first kappa shape index (κ1) is 22.9. The van der Waals surface area contributed by atoms with Crippen molar-refractivity contribution in [1.29, 1.82) is 0 Å². The van der Waals surface area contributed by atoms with Crippen molar-refractivity contribution < 1.29 is 4.74 Å². The van der Waals surface area contributed by atoms with Crippen LogP contribution in [0.4, 0.5) is 0 Å². The maximum absolute atomic E-state index is 12.9. The summed E-state index contributed by atoms with van der Waals surface area (Å²) in [6, 6.07) is 6.02. The summed E-state index contributed by atoms with van der Waals surface area (Å²) in [6.07, 6.45) is 3.10. The van der Waals surface area contributed by atoms with Gasteiger partial charge < -0.3 is 15.6 Å². The number of aromatic nitrogens is 5. The van der Waals surface area contributed by atoms with Gasteiger partial charge in [0, 0.05) is 4.88 Å². The van der Waals surface area contributed by atoms with Gasteiger partial charge in [0.15, 0.2) is 5.82 Å². The summed E-state index contributed by atoms with van der Waals surface area (Å²) in [4.78, 5) is 22.9. The monoisotopic (exact) mass is 496 g/mol. The Morgan fingerprint density at radius 2 is 2.09 bits per heavy atom. The van der Waals surface area contributed by atoms with Gasteiger partial charge in [0.2, 0.25) is 5.16 Å². The lowest BCUT2D eigenvalue weighted by Crippen LogP contribution is -2.17. The van der Waals surface area contributed by atoms with E-state index in [1.165, 1.54) is 26.9 Å². The molecule has 178 valence electrons. The number of benzene rings is 1. The van der Waals surface area contributed by atoms with Crippen LogP contribution in [0.15, 0.2) is 28.2 Å². The molecule has 3 heterocycles. The van der Waals surface area contributed by atoms with Crippen molar-refractivity contribution >= 4 is 33.3 Å². The number of rotatable bonds is 6. The minimum absolute atomic E-state index is 0.0589. The maximum atomic E-state index is 12.9. The van der Waals surface area contributed by atoms with Gasteiger partial charge >= 0.3 is 0 Å². The van der Waals surface area contributed by atoms with Gasteiger partial charge in [-0.05, 0) is 62.6 Å². The molecule has 0 aliphatic heterocycles. The number of nitrogen functional groups attached to an aromatic ring is 1. The van der Waals surface area contributed by atoms with Gasteiger partial charge in [0.05, 0.1) is 10.6 Å². The molecule has 0 fully saturated rings. The summed E-state index contributed by atoms with van der Waals surface area (Å²) in [5, 5.41) is 9.59. The molecule has 0 spiro atoms. The molecule has 0 amide bonds. The average molecular weight is 497 g/mol. The maximum Gasteiger partial charge on any atom is 0.259 e. The van der Waals surface area contributed by atoms with Crippen molar-refractivity contribution in [3.63, 3.8) is 0 Å². The number of nitrogens with zero attached hydrogens (tertiary/aromatic N) is 4. The topological polar surface area (TPSA) is 112 Å². The van der Waals surface area contributed by atoms with Gasteiger partial charge in [-0.3, -0.25) is 4.79 Å². The van der Waals surface area contributed by atoms with E-state index in [4.69, 9.17) is 15.6 Å². The standard InChI is InChI=1S/C24H28N6O2S2/c1-12-8-9-16-17(10-12)34-23-19(16)22(31)26-21(27-23)15(4)33-24-29-28-18(30(24)25)11-32-20-13(2)6-5-7-14(20)3/h5-7,12,15H,8-11,25H2,1-4H3,(H,26,27,31). The Morgan fingerprint density at radius 1 is 1.32 bits per heavy atom. The first-order valence-corrected chi connectivity index (χ1v) is 13.1. The zero-order valence-corrected chi connectivity index (χ0v) is 21.3. The molecule has 0 bridgehead atoms. The third-order valence-corrected chi connectivity index (χ3v) is 8.55. The fourth-order valence-corrected chi connectivity index (χ4v) is 6.66. The second kappa shape index (κ2) is 9.07. The molecule has 0 radical (unpaired) electrons. The number of thiophene rings is 1. The third-order valence-electron chi connectivity index (χ3n) is 6.34. The number of H-pyrrole nitrogens is 1. The Kier molecular flexibility index (Phi) is 6.11. The normalized spacial score (nSPS) is 16.5. The summed E-state index contributed by atoms with van der Waals surface area (Å²) in [5.74, 6) is 8.89. The molecule has 0 saturated carbocycles. The Balaban J connectivity index is 1.34. The van der Waals surface area contributed by atoms with E-state index in [0.29, 0.717) is 22.7 Å². The minimum atomic E-state index is -0.158. The van der Waals surface area contributed by atoms with Crippen molar-refractivity contribution in [2.45, 2.75) is 64.0 Å². The highest BCUT2D eigenvalue weighted by Gasteiger charge is 2.24. The lowest BCUT2D eigenvalue weighted by Gasteiger charge is -2.17. The van der Waals surface area contributed by atoms with E-state index in [1.54, 1.807) is 11.3 Å². The van der Waals surface area contributed by atoms with Crippen LogP contribution in [0.3, 0.4) is 0 Å². The predicted octanol–water partition coefficient (Wildman–Crippen LogP) is 4.46. The van der Waals surface area contributed by atoms with Gasteiger partial charge in [-0.1, -0.05) is 36.9 Å². The summed E-state index contributed by atoms with van der Waals surface area (Å²) >= 11 is 3.06. The van der Waals surface area contributed by atoms with E-state index in [9.17, 15) is 4.79 Å². The second-order valence-electron chi connectivity index (χ2n) is 9.02. The fraction of sp³-hybridized carbons (Fsp3) is 0.417. The van der Waals surface area contributed by atoms with Gasteiger partial charge in [-0.15, -0.1) is 21.5 Å². The molecule has 8 nitrogen and oxygen atoms in total. The molecule has 0 saturated heterocycles. The van der Waals surface area contributed by atoms with Gasteiger partial charge in [0.1, 0.15) is 23.0 Å². The van der Waals surface area contributed by atoms with Crippen LogP contribution in [0, 0.1) is 19.8 Å². The summed E-state index contributed by atoms with van der Waals surface area (Å²) < 4.78 is 7.42. The number of para-hydroxylation sites is 1. The van der Waals surface area contributed by atoms with Crippen molar-refractivity contribution in [2.75, 3.05) is 5.84 Å². The minimum Gasteiger partial charge on any atom is -0.485 e. The molecule has 1 aliphatic rings. The molecule has 5 rings (SSSR count). The number of thioether (sulfide) groups is 1. The van der Waals surface area contributed by atoms with Gasteiger partial charge in [0.25, 0.3) is 5.56 Å². The smallest absolute Gasteiger partial charge is 0.259 e. The molecule has 2 unspecified atom stereocenters. The van der Waals surface area contributed by atoms with Crippen LogP contribution in [0.25, 0.3) is 10.2 Å². The number of nitrogens with two attached hydrogens (primary N) is 1. The van der Waals surface area contributed by atoms with E-state index < -0.39 is 0 Å². The number of aromatic amines is 1. The number of fused-ring (bicyclic) bond motifs is 3. The second-order valence-corrected chi connectivity index (χ2v) is 11.4. The van der Waals surface area contributed by atoms with Gasteiger partial charge in [-0.2, -0.15) is 0 Å². The Labute approximate surface area is 205 Å². The summed E-state index contributed by atoms with van der Waals surface area (Å²) in [5.41, 5.74) is 3.24. The molecule has 3 aromatic heterocycles. The van der Waals surface area contributed by atoms with Crippen LogP contribution < -0.4 is 16.1 Å². The fourth-order valence-electron chi connectivity index (χ4n) is 4.42. The van der Waals surface area contributed by atoms with E-state index >= 15 is 0 Å². The number of nitrogens with one attached hydrogen (secondary N) is 1. The number of aryl methyl sites for hydroxylation is 3. The lowest BCUT2D eigenvalue weighted by molar-refractivity contribution is 0.288. The number of ether oxygens (including phenoxy) is 1. The average Bonchev–Trinajstić information content (AvgIpc) is 3.33. The molecular formula is C24H28N6O2S2. The van der Waals surface area contributed by atoms with Crippen LogP contribution >= 0.6 is 23.1 Å². The zero-order valence-electron chi connectivity index (χ0n) is 19.7.